The highest BCUT2D eigenvalue weighted by Crippen LogP contribution is 2.41. The first-order valence-corrected chi connectivity index (χ1v) is 14.5. The van der Waals surface area contributed by atoms with Crippen molar-refractivity contribution >= 4 is 28.2 Å². The van der Waals surface area contributed by atoms with Gasteiger partial charge in [-0.05, 0) is 49.7 Å². The number of nitrogens with zero attached hydrogens (tertiary/aromatic N) is 5. The molecule has 0 spiro atoms. The Morgan fingerprint density at radius 1 is 1.00 bits per heavy atom. The highest BCUT2D eigenvalue weighted by atomic mass is 19.1. The first-order chi connectivity index (χ1) is 20.1. The molecule has 1 N–H and O–H groups in total. The van der Waals surface area contributed by atoms with Gasteiger partial charge in [0, 0.05) is 68.1 Å². The number of nitrogens with one attached hydrogen (secondary N) is 1. The zero-order valence-electron chi connectivity index (χ0n) is 23.4. The maximum Gasteiger partial charge on any atom is 0.272 e. The Bertz CT molecular complexity index is 1510. The van der Waals surface area contributed by atoms with Crippen molar-refractivity contribution in [3.05, 3.63) is 70.9 Å². The van der Waals surface area contributed by atoms with Gasteiger partial charge in [-0.25, -0.2) is 4.39 Å². The summed E-state index contributed by atoms with van der Waals surface area (Å²) >= 11 is 0. The summed E-state index contributed by atoms with van der Waals surface area (Å²) in [5.41, 5.74) is 6.06. The second kappa shape index (κ2) is 10.8. The highest BCUT2D eigenvalue weighted by Gasteiger charge is 2.36. The van der Waals surface area contributed by atoms with Crippen LogP contribution < -0.4 is 19.9 Å². The van der Waals surface area contributed by atoms with E-state index in [1.807, 2.05) is 11.8 Å². The van der Waals surface area contributed by atoms with E-state index in [9.17, 15) is 4.79 Å². The monoisotopic (exact) mass is 558 g/mol. The predicted octanol–water partition coefficient (Wildman–Crippen LogP) is 2.88. The van der Waals surface area contributed by atoms with E-state index in [1.54, 1.807) is 6.07 Å². The molecular weight excluding hydrogens is 523 g/mol. The molecular formula is C31H35FN6O3. The lowest BCUT2D eigenvalue weighted by Gasteiger charge is -2.37. The normalized spacial score (nSPS) is 19.2. The minimum Gasteiger partial charge on any atom is -0.485 e. The first-order valence-electron chi connectivity index (χ1n) is 14.5. The third-order valence-corrected chi connectivity index (χ3v) is 8.61. The van der Waals surface area contributed by atoms with Crippen LogP contribution in [0.1, 0.15) is 11.3 Å². The fourth-order valence-electron chi connectivity index (χ4n) is 6.33. The zero-order chi connectivity index (χ0) is 27.9. The molecule has 9 nitrogen and oxygen atoms in total. The van der Waals surface area contributed by atoms with Crippen LogP contribution in [-0.2, 0) is 16.0 Å². The van der Waals surface area contributed by atoms with Crippen LogP contribution in [0.5, 0.6) is 5.75 Å². The molecule has 1 aromatic heterocycles. The van der Waals surface area contributed by atoms with Gasteiger partial charge in [-0.1, -0.05) is 6.07 Å². The molecule has 4 aliphatic heterocycles. The van der Waals surface area contributed by atoms with Crippen LogP contribution in [-0.4, -0.2) is 93.0 Å². The maximum atomic E-state index is 15.2. The number of anilines is 2. The summed E-state index contributed by atoms with van der Waals surface area (Å²) in [4.78, 5) is 26.5. The number of benzene rings is 2. The Balaban J connectivity index is 1.03. The molecule has 0 saturated carbocycles. The average Bonchev–Trinajstić information content (AvgIpc) is 3.45. The molecule has 7 rings (SSSR count). The van der Waals surface area contributed by atoms with Gasteiger partial charge in [-0.3, -0.25) is 14.7 Å². The molecule has 2 saturated heterocycles. The topological polar surface area (TPSA) is 73.4 Å². The summed E-state index contributed by atoms with van der Waals surface area (Å²) in [5, 5.41) is 4.45. The maximum absolute atomic E-state index is 15.2. The van der Waals surface area contributed by atoms with Crippen LogP contribution in [0.2, 0.25) is 0 Å². The van der Waals surface area contributed by atoms with Crippen LogP contribution in [0.4, 0.5) is 15.8 Å². The number of aromatic nitrogens is 1. The van der Waals surface area contributed by atoms with Crippen molar-refractivity contribution in [3.8, 4) is 5.75 Å². The lowest BCUT2D eigenvalue weighted by Crippen LogP contribution is -2.47. The van der Waals surface area contributed by atoms with E-state index in [2.05, 4.69) is 55.3 Å². The van der Waals surface area contributed by atoms with Gasteiger partial charge in [0.2, 0.25) is 0 Å². The molecule has 3 aromatic rings. The number of fused-ring (bicyclic) bond motifs is 4. The fourth-order valence-corrected chi connectivity index (χ4v) is 6.33. The minimum absolute atomic E-state index is 0.0331. The molecule has 1 amide bonds. The summed E-state index contributed by atoms with van der Waals surface area (Å²) in [7, 11) is 0. The fraction of sp³-hybridized carbons (Fsp3) is 0.419. The summed E-state index contributed by atoms with van der Waals surface area (Å²) in [6.07, 6.45) is 0.562. The third-order valence-electron chi connectivity index (χ3n) is 8.61. The number of hydrogen-bond acceptors (Lipinski definition) is 8. The van der Waals surface area contributed by atoms with Gasteiger partial charge in [0.05, 0.1) is 36.8 Å². The van der Waals surface area contributed by atoms with Gasteiger partial charge in [0.25, 0.3) is 5.91 Å². The smallest absolute Gasteiger partial charge is 0.272 e. The number of carbonyl (C=O) groups excluding carboxylic acids is 1. The number of hydrogen-bond donors (Lipinski definition) is 1. The molecule has 0 bridgehead atoms. The third kappa shape index (κ3) is 4.85. The Hall–Kier alpha value is -3.89. The number of rotatable bonds is 5. The SMILES string of the molecule is Cc1ccc2c(N3CCN(CCc4c(F)ccc5c4OCC4=C(C(=O)N6CCOCC6)NCN45)CC3)cccc2n1. The minimum atomic E-state index is -0.245. The van der Waals surface area contributed by atoms with Crippen molar-refractivity contribution in [2.45, 2.75) is 13.3 Å². The molecule has 5 heterocycles. The Kier molecular flexibility index (Phi) is 6.88. The Labute approximate surface area is 239 Å². The van der Waals surface area contributed by atoms with Crippen molar-refractivity contribution in [3.63, 3.8) is 0 Å². The quantitative estimate of drug-likeness (QED) is 0.513. The number of halogens is 1. The van der Waals surface area contributed by atoms with Gasteiger partial charge in [-0.15, -0.1) is 0 Å². The van der Waals surface area contributed by atoms with Gasteiger partial charge in [0.1, 0.15) is 23.9 Å². The summed E-state index contributed by atoms with van der Waals surface area (Å²) < 4.78 is 26.7. The number of aryl methyl sites for hydroxylation is 1. The zero-order valence-corrected chi connectivity index (χ0v) is 23.4. The van der Waals surface area contributed by atoms with Crippen LogP contribution in [0.25, 0.3) is 10.9 Å². The van der Waals surface area contributed by atoms with Gasteiger partial charge < -0.3 is 29.5 Å². The molecule has 0 atom stereocenters. The molecule has 0 aliphatic carbocycles. The molecule has 10 heteroatoms. The van der Waals surface area contributed by atoms with Crippen LogP contribution >= 0.6 is 0 Å². The summed E-state index contributed by atoms with van der Waals surface area (Å²) in [5.74, 6) is 0.312. The summed E-state index contributed by atoms with van der Waals surface area (Å²) in [6.45, 7) is 9.37. The second-order valence-electron chi connectivity index (χ2n) is 11.0. The molecule has 214 valence electrons. The van der Waals surface area contributed by atoms with Crippen molar-refractivity contribution < 1.29 is 18.7 Å². The van der Waals surface area contributed by atoms with Gasteiger partial charge >= 0.3 is 0 Å². The number of carbonyl (C=O) groups is 1. The largest absolute Gasteiger partial charge is 0.485 e. The average molecular weight is 559 g/mol. The molecule has 2 fully saturated rings. The van der Waals surface area contributed by atoms with Crippen LogP contribution in [0, 0.1) is 12.7 Å². The lowest BCUT2D eigenvalue weighted by atomic mass is 10.1. The van der Waals surface area contributed by atoms with Gasteiger partial charge in [-0.2, -0.15) is 0 Å². The molecule has 0 radical (unpaired) electrons. The number of ether oxygens (including phenoxy) is 2. The van der Waals surface area contributed by atoms with E-state index in [4.69, 9.17) is 9.47 Å². The number of piperazine rings is 1. The molecule has 0 unspecified atom stereocenters. The Morgan fingerprint density at radius 2 is 1.83 bits per heavy atom. The van der Waals surface area contributed by atoms with E-state index in [0.29, 0.717) is 56.4 Å². The lowest BCUT2D eigenvalue weighted by molar-refractivity contribution is -0.131. The standard InChI is InChI=1S/C31H35FN6O3/c1-21-5-6-23-25(34-21)3-2-4-26(23)36-13-11-35(12-14-36)10-9-22-24(32)7-8-27-30(22)41-19-28-29(33-20-38(27)28)31(39)37-15-17-40-18-16-37/h2-8,33H,9-20H2,1H3. The van der Waals surface area contributed by atoms with Crippen molar-refractivity contribution in [2.75, 3.05) is 82.1 Å². The number of morpholine rings is 1. The van der Waals surface area contributed by atoms with E-state index in [0.717, 1.165) is 55.3 Å². The number of amides is 1. The van der Waals surface area contributed by atoms with E-state index in [-0.39, 0.29) is 18.3 Å². The van der Waals surface area contributed by atoms with Gasteiger partial charge in [0.15, 0.2) is 0 Å². The van der Waals surface area contributed by atoms with Crippen LogP contribution in [0.3, 0.4) is 0 Å². The van der Waals surface area contributed by atoms with Crippen LogP contribution in [0.15, 0.2) is 53.9 Å². The highest BCUT2D eigenvalue weighted by molar-refractivity contribution is 5.96. The van der Waals surface area contributed by atoms with Crippen molar-refractivity contribution in [2.24, 2.45) is 0 Å². The molecule has 4 aliphatic rings. The van der Waals surface area contributed by atoms with E-state index in [1.165, 1.54) is 17.1 Å². The van der Waals surface area contributed by atoms with E-state index >= 15 is 4.39 Å². The number of pyridine rings is 1. The first kappa shape index (κ1) is 26.0. The Morgan fingerprint density at radius 3 is 2.66 bits per heavy atom. The van der Waals surface area contributed by atoms with Crippen molar-refractivity contribution in [1.82, 2.24) is 20.1 Å². The molecule has 2 aromatic carbocycles. The molecule has 41 heavy (non-hydrogen) atoms. The van der Waals surface area contributed by atoms with E-state index < -0.39 is 0 Å². The van der Waals surface area contributed by atoms with Crippen molar-refractivity contribution in [1.29, 1.82) is 0 Å². The second-order valence-corrected chi connectivity index (χ2v) is 11.0. The predicted molar refractivity (Wildman–Crippen MR) is 156 cm³/mol. The summed E-state index contributed by atoms with van der Waals surface area (Å²) in [6, 6.07) is 13.8.